The number of amides is 2. The topological polar surface area (TPSA) is 58.6 Å². The van der Waals surface area contributed by atoms with Gasteiger partial charge < -0.3 is 15.0 Å². The average Bonchev–Trinajstić information content (AvgIpc) is 2.72. The highest BCUT2D eigenvalue weighted by Crippen LogP contribution is 2.17. The number of aryl methyl sites for hydroxylation is 1. The van der Waals surface area contributed by atoms with Crippen LogP contribution in [0.25, 0.3) is 0 Å². The van der Waals surface area contributed by atoms with Crippen molar-refractivity contribution in [2.75, 3.05) is 6.61 Å². The maximum absolute atomic E-state index is 13.1. The number of ether oxygens (including phenoxy) is 1. The summed E-state index contributed by atoms with van der Waals surface area (Å²) in [7, 11) is 0. The fraction of sp³-hybridized carbons (Fsp3) is 0.417. The first-order valence-electron chi connectivity index (χ1n) is 10.4. The first-order valence-corrected chi connectivity index (χ1v) is 10.8. The highest BCUT2D eigenvalue weighted by Gasteiger charge is 2.29. The number of benzene rings is 2. The lowest BCUT2D eigenvalue weighted by Crippen LogP contribution is -2.51. The van der Waals surface area contributed by atoms with E-state index in [4.69, 9.17) is 16.3 Å². The van der Waals surface area contributed by atoms with E-state index in [0.29, 0.717) is 23.7 Å². The second-order valence-electron chi connectivity index (χ2n) is 7.50. The molecule has 6 heteroatoms. The second-order valence-corrected chi connectivity index (χ2v) is 7.93. The molecule has 2 aromatic carbocycles. The number of carbonyl (C=O) groups is 2. The quantitative estimate of drug-likeness (QED) is 0.591. The summed E-state index contributed by atoms with van der Waals surface area (Å²) in [5.41, 5.74) is 2.08. The van der Waals surface area contributed by atoms with Gasteiger partial charge in [-0.25, -0.2) is 0 Å². The van der Waals surface area contributed by atoms with Crippen LogP contribution in [0.15, 0.2) is 48.5 Å². The van der Waals surface area contributed by atoms with Gasteiger partial charge in [0.05, 0.1) is 0 Å². The van der Waals surface area contributed by atoms with Crippen molar-refractivity contribution in [1.82, 2.24) is 10.2 Å². The molecule has 0 aliphatic rings. The zero-order chi connectivity index (χ0) is 22.1. The molecule has 0 saturated heterocycles. The third-order valence-corrected chi connectivity index (χ3v) is 5.25. The van der Waals surface area contributed by atoms with E-state index >= 15 is 0 Å². The molecule has 0 aromatic heterocycles. The Balaban J connectivity index is 2.20. The highest BCUT2D eigenvalue weighted by atomic mass is 35.5. The predicted octanol–water partition coefficient (Wildman–Crippen LogP) is 4.75. The smallest absolute Gasteiger partial charge is 0.261 e. The molecule has 0 saturated carbocycles. The maximum Gasteiger partial charge on any atom is 0.261 e. The molecule has 5 nitrogen and oxygen atoms in total. The lowest BCUT2D eigenvalue weighted by atomic mass is 10.1. The van der Waals surface area contributed by atoms with Crippen LogP contribution in [0.5, 0.6) is 5.75 Å². The van der Waals surface area contributed by atoms with Crippen molar-refractivity contribution in [3.8, 4) is 5.75 Å². The summed E-state index contributed by atoms with van der Waals surface area (Å²) in [6, 6.07) is 14.3. The van der Waals surface area contributed by atoms with Crippen LogP contribution in [0.3, 0.4) is 0 Å². The molecular weight excluding hydrogens is 400 g/mol. The molecule has 0 radical (unpaired) electrons. The fourth-order valence-corrected chi connectivity index (χ4v) is 3.25. The summed E-state index contributed by atoms with van der Waals surface area (Å²) < 4.78 is 5.66. The summed E-state index contributed by atoms with van der Waals surface area (Å²) in [5.74, 6) is 0.178. The van der Waals surface area contributed by atoms with Crippen LogP contribution >= 0.6 is 11.6 Å². The molecule has 1 N–H and O–H groups in total. The van der Waals surface area contributed by atoms with Gasteiger partial charge in [0.25, 0.3) is 5.91 Å². The molecule has 0 aliphatic heterocycles. The van der Waals surface area contributed by atoms with E-state index in [1.165, 1.54) is 0 Å². The van der Waals surface area contributed by atoms with E-state index in [-0.39, 0.29) is 24.5 Å². The Morgan fingerprint density at radius 1 is 1.10 bits per heavy atom. The van der Waals surface area contributed by atoms with Crippen molar-refractivity contribution in [2.45, 2.75) is 59.2 Å². The lowest BCUT2D eigenvalue weighted by Gasteiger charge is -2.31. The van der Waals surface area contributed by atoms with Crippen molar-refractivity contribution >= 4 is 23.4 Å². The Morgan fingerprint density at radius 2 is 1.80 bits per heavy atom. The molecular formula is C24H31ClN2O3. The summed E-state index contributed by atoms with van der Waals surface area (Å²) in [6.45, 7) is 8.09. The second kappa shape index (κ2) is 11.6. The minimum atomic E-state index is -0.569. The molecule has 0 fully saturated rings. The van der Waals surface area contributed by atoms with Crippen LogP contribution in [0.2, 0.25) is 5.02 Å². The molecule has 30 heavy (non-hydrogen) atoms. The van der Waals surface area contributed by atoms with Gasteiger partial charge in [0, 0.05) is 17.6 Å². The van der Waals surface area contributed by atoms with Gasteiger partial charge in [0.2, 0.25) is 5.91 Å². The Kier molecular flexibility index (Phi) is 9.18. The van der Waals surface area contributed by atoms with Gasteiger partial charge in [-0.15, -0.1) is 0 Å². The van der Waals surface area contributed by atoms with Crippen molar-refractivity contribution in [3.63, 3.8) is 0 Å². The Labute approximate surface area is 184 Å². The number of hydrogen-bond acceptors (Lipinski definition) is 3. The van der Waals surface area contributed by atoms with Gasteiger partial charge in [0.15, 0.2) is 6.61 Å². The first-order chi connectivity index (χ1) is 14.3. The van der Waals surface area contributed by atoms with Crippen LogP contribution in [0, 0.1) is 6.92 Å². The molecule has 0 heterocycles. The van der Waals surface area contributed by atoms with E-state index in [0.717, 1.165) is 17.5 Å². The minimum absolute atomic E-state index is 0.0489. The standard InChI is InChI=1S/C24H31ClN2O3/c1-5-18(4)26-24(29)22(6-2)27(15-19-9-7-8-17(3)14-19)23(28)16-30-21-12-10-20(25)11-13-21/h7-14,18,22H,5-6,15-16H2,1-4H3,(H,26,29)/t18-,22+/m0/s1. The zero-order valence-corrected chi connectivity index (χ0v) is 18.9. The maximum atomic E-state index is 13.1. The SMILES string of the molecule is CC[C@H](C(=O)N[C@@H](C)CC)N(Cc1cccc(C)c1)C(=O)COc1ccc(Cl)cc1. The summed E-state index contributed by atoms with van der Waals surface area (Å²) >= 11 is 5.90. The number of halogens is 1. The Hall–Kier alpha value is -2.53. The van der Waals surface area contributed by atoms with Crippen molar-refractivity contribution in [2.24, 2.45) is 0 Å². The molecule has 2 atom stereocenters. The molecule has 2 amide bonds. The fourth-order valence-electron chi connectivity index (χ4n) is 3.13. The minimum Gasteiger partial charge on any atom is -0.484 e. The number of hydrogen-bond donors (Lipinski definition) is 1. The van der Waals surface area contributed by atoms with Gasteiger partial charge in [-0.2, -0.15) is 0 Å². The first kappa shape index (κ1) is 23.7. The molecule has 0 spiro atoms. The predicted molar refractivity (Wildman–Crippen MR) is 121 cm³/mol. The molecule has 0 aliphatic carbocycles. The number of rotatable bonds is 10. The monoisotopic (exact) mass is 430 g/mol. The van der Waals surface area contributed by atoms with Gasteiger partial charge in [-0.05, 0) is 56.5 Å². The van der Waals surface area contributed by atoms with Crippen molar-refractivity contribution < 1.29 is 14.3 Å². The van der Waals surface area contributed by atoms with E-state index in [1.807, 2.05) is 52.0 Å². The summed E-state index contributed by atoms with van der Waals surface area (Å²) in [4.78, 5) is 27.6. The number of carbonyl (C=O) groups excluding carboxylic acids is 2. The Bertz CT molecular complexity index is 839. The molecule has 162 valence electrons. The lowest BCUT2D eigenvalue weighted by molar-refractivity contribution is -0.143. The number of nitrogens with zero attached hydrogens (tertiary/aromatic N) is 1. The zero-order valence-electron chi connectivity index (χ0n) is 18.2. The third kappa shape index (κ3) is 7.06. The van der Waals surface area contributed by atoms with Crippen LogP contribution in [0.4, 0.5) is 0 Å². The van der Waals surface area contributed by atoms with Gasteiger partial charge in [0.1, 0.15) is 11.8 Å². The molecule has 0 unspecified atom stereocenters. The normalized spacial score (nSPS) is 12.7. The van der Waals surface area contributed by atoms with Gasteiger partial charge >= 0.3 is 0 Å². The van der Waals surface area contributed by atoms with E-state index in [1.54, 1.807) is 29.2 Å². The van der Waals surface area contributed by atoms with Crippen LogP contribution in [-0.2, 0) is 16.1 Å². The molecule has 2 rings (SSSR count). The van der Waals surface area contributed by atoms with Gasteiger partial charge in [-0.1, -0.05) is 55.3 Å². The van der Waals surface area contributed by atoms with Gasteiger partial charge in [-0.3, -0.25) is 9.59 Å². The summed E-state index contributed by atoms with van der Waals surface area (Å²) in [5, 5.41) is 3.60. The van der Waals surface area contributed by atoms with Crippen LogP contribution in [0.1, 0.15) is 44.7 Å². The highest BCUT2D eigenvalue weighted by molar-refractivity contribution is 6.30. The van der Waals surface area contributed by atoms with E-state index in [9.17, 15) is 9.59 Å². The van der Waals surface area contributed by atoms with E-state index in [2.05, 4.69) is 5.32 Å². The average molecular weight is 431 g/mol. The summed E-state index contributed by atoms with van der Waals surface area (Å²) in [6.07, 6.45) is 1.34. The van der Waals surface area contributed by atoms with Crippen molar-refractivity contribution in [1.29, 1.82) is 0 Å². The van der Waals surface area contributed by atoms with Crippen LogP contribution in [-0.4, -0.2) is 35.4 Å². The third-order valence-electron chi connectivity index (χ3n) is 5.00. The molecule has 0 bridgehead atoms. The number of nitrogens with one attached hydrogen (secondary N) is 1. The van der Waals surface area contributed by atoms with Crippen LogP contribution < -0.4 is 10.1 Å². The van der Waals surface area contributed by atoms with Crippen molar-refractivity contribution in [3.05, 3.63) is 64.7 Å². The largest absolute Gasteiger partial charge is 0.484 e. The Morgan fingerprint density at radius 3 is 2.40 bits per heavy atom. The molecule has 2 aromatic rings. The van der Waals surface area contributed by atoms with E-state index < -0.39 is 6.04 Å².